The molecule has 2 aromatic rings. The maximum atomic E-state index is 13.7. The molecule has 5 nitrogen and oxygen atoms in total. The molecule has 0 spiro atoms. The van der Waals surface area contributed by atoms with Gasteiger partial charge in [0.2, 0.25) is 0 Å². The Kier molecular flexibility index (Phi) is 4.64. The number of nitrogens with zero attached hydrogens (tertiary/aromatic N) is 1. The van der Waals surface area contributed by atoms with E-state index in [1.54, 1.807) is 0 Å². The predicted octanol–water partition coefficient (Wildman–Crippen LogP) is 3.11. The van der Waals surface area contributed by atoms with Gasteiger partial charge in [-0.2, -0.15) is 0 Å². The fourth-order valence-electron chi connectivity index (χ4n) is 1.61. The lowest BCUT2D eigenvalue weighted by molar-refractivity contribution is 0.598. The lowest BCUT2D eigenvalue weighted by Crippen LogP contribution is -2.14. The number of halogens is 2. The molecule has 0 atom stereocenters. The molecule has 2 rings (SSSR count). The largest absolute Gasteiger partial charge is 0.370 e. The van der Waals surface area contributed by atoms with Crippen molar-refractivity contribution in [3.63, 3.8) is 0 Å². The summed E-state index contributed by atoms with van der Waals surface area (Å²) in [5.41, 5.74) is -0.210. The van der Waals surface area contributed by atoms with Gasteiger partial charge in [-0.25, -0.2) is 17.8 Å². The number of anilines is 2. The minimum Gasteiger partial charge on any atom is -0.370 e. The lowest BCUT2D eigenvalue weighted by Gasteiger charge is -2.10. The molecule has 1 aromatic heterocycles. The zero-order chi connectivity index (χ0) is 15.5. The number of nitrogens with one attached hydrogen (secondary N) is 2. The highest BCUT2D eigenvalue weighted by Gasteiger charge is 2.17. The molecule has 0 amide bonds. The summed E-state index contributed by atoms with van der Waals surface area (Å²) in [6, 6.07) is 7.00. The third-order valence-electron chi connectivity index (χ3n) is 2.60. The third-order valence-corrected chi connectivity index (χ3v) is 4.24. The first-order valence-corrected chi connectivity index (χ1v) is 7.97. The summed E-state index contributed by atoms with van der Waals surface area (Å²) >= 11 is 5.61. The molecule has 0 fully saturated rings. The van der Waals surface area contributed by atoms with Gasteiger partial charge in [-0.1, -0.05) is 17.7 Å². The van der Waals surface area contributed by atoms with Gasteiger partial charge in [0.25, 0.3) is 10.0 Å². The van der Waals surface area contributed by atoms with E-state index >= 15 is 0 Å². The van der Waals surface area contributed by atoms with E-state index in [4.69, 9.17) is 11.6 Å². The normalized spacial score (nSPS) is 11.2. The Hall–Kier alpha value is -1.86. The molecule has 0 aliphatic rings. The number of hydrogen-bond donors (Lipinski definition) is 2. The number of hydrogen-bond acceptors (Lipinski definition) is 4. The highest BCUT2D eigenvalue weighted by Crippen LogP contribution is 2.24. The summed E-state index contributed by atoms with van der Waals surface area (Å²) < 4.78 is 40.2. The molecular formula is C13H13ClFN3O2S. The molecule has 21 heavy (non-hydrogen) atoms. The quantitative estimate of drug-likeness (QED) is 0.884. The summed E-state index contributed by atoms with van der Waals surface area (Å²) in [6.07, 6.45) is 1.20. The van der Waals surface area contributed by atoms with Crippen LogP contribution in [0.3, 0.4) is 0 Å². The van der Waals surface area contributed by atoms with E-state index in [2.05, 4.69) is 15.0 Å². The minimum atomic E-state index is -3.92. The van der Waals surface area contributed by atoms with Crippen LogP contribution >= 0.6 is 11.6 Å². The zero-order valence-electron chi connectivity index (χ0n) is 11.1. The molecule has 2 N–H and O–H groups in total. The molecule has 0 radical (unpaired) electrons. The van der Waals surface area contributed by atoms with Crippen molar-refractivity contribution in [2.24, 2.45) is 0 Å². The fourth-order valence-corrected chi connectivity index (χ4v) is 2.79. The summed E-state index contributed by atoms with van der Waals surface area (Å²) in [5.74, 6) is -0.259. The number of sulfonamides is 1. The molecule has 8 heteroatoms. The Morgan fingerprint density at radius 3 is 2.67 bits per heavy atom. The summed E-state index contributed by atoms with van der Waals surface area (Å²) in [5, 5.41) is 2.79. The number of pyridine rings is 1. The fraction of sp³-hybridized carbons (Fsp3) is 0.154. The smallest absolute Gasteiger partial charge is 0.263 e. The molecule has 0 saturated heterocycles. The monoisotopic (exact) mass is 329 g/mol. The summed E-state index contributed by atoms with van der Waals surface area (Å²) in [6.45, 7) is 2.57. The Morgan fingerprint density at radius 1 is 1.29 bits per heavy atom. The molecular weight excluding hydrogens is 317 g/mol. The van der Waals surface area contributed by atoms with Gasteiger partial charge >= 0.3 is 0 Å². The Balaban J connectivity index is 2.27. The van der Waals surface area contributed by atoms with Crippen LogP contribution in [-0.2, 0) is 10.0 Å². The van der Waals surface area contributed by atoms with E-state index < -0.39 is 15.8 Å². The molecule has 1 heterocycles. The minimum absolute atomic E-state index is 0.0662. The van der Waals surface area contributed by atoms with E-state index in [9.17, 15) is 12.8 Å². The first-order valence-electron chi connectivity index (χ1n) is 6.11. The van der Waals surface area contributed by atoms with E-state index in [0.717, 1.165) is 0 Å². The van der Waals surface area contributed by atoms with E-state index in [-0.39, 0.29) is 15.6 Å². The SMILES string of the molecule is CCNc1ccc(S(=O)(=O)Nc2cccc(Cl)c2F)cn1. The molecule has 0 saturated carbocycles. The first kappa shape index (κ1) is 15.5. The summed E-state index contributed by atoms with van der Waals surface area (Å²) in [7, 11) is -3.92. The van der Waals surface area contributed by atoms with Crippen LogP contribution in [-0.4, -0.2) is 19.9 Å². The van der Waals surface area contributed by atoms with Crippen LogP contribution in [0.4, 0.5) is 15.9 Å². The van der Waals surface area contributed by atoms with Crippen LogP contribution < -0.4 is 10.0 Å². The Morgan fingerprint density at radius 2 is 2.05 bits per heavy atom. The maximum Gasteiger partial charge on any atom is 0.263 e. The molecule has 0 aliphatic heterocycles. The molecule has 1 aromatic carbocycles. The molecule has 0 unspecified atom stereocenters. The van der Waals surface area contributed by atoms with Gasteiger partial charge in [-0.3, -0.25) is 4.72 Å². The van der Waals surface area contributed by atoms with Crippen molar-refractivity contribution in [1.29, 1.82) is 0 Å². The van der Waals surface area contributed by atoms with Crippen molar-refractivity contribution in [1.82, 2.24) is 4.98 Å². The van der Waals surface area contributed by atoms with Gasteiger partial charge in [0.15, 0.2) is 5.82 Å². The topological polar surface area (TPSA) is 71.1 Å². The van der Waals surface area contributed by atoms with E-state index in [1.165, 1.54) is 36.5 Å². The van der Waals surface area contributed by atoms with E-state index in [0.29, 0.717) is 12.4 Å². The van der Waals surface area contributed by atoms with Gasteiger partial charge in [-0.05, 0) is 31.2 Å². The van der Waals surface area contributed by atoms with Crippen molar-refractivity contribution < 1.29 is 12.8 Å². The average Bonchev–Trinajstić information content (AvgIpc) is 2.45. The first-order chi connectivity index (χ1) is 9.94. The third kappa shape index (κ3) is 3.62. The van der Waals surface area contributed by atoms with Crippen molar-refractivity contribution in [2.75, 3.05) is 16.6 Å². The van der Waals surface area contributed by atoms with Crippen LogP contribution in [0.2, 0.25) is 5.02 Å². The standard InChI is InChI=1S/C13H13ClFN3O2S/c1-2-16-12-7-6-9(8-17-12)21(19,20)18-11-5-3-4-10(14)13(11)15/h3-8,18H,2H2,1H3,(H,16,17). The van der Waals surface area contributed by atoms with Gasteiger partial charge in [0.1, 0.15) is 10.7 Å². The van der Waals surface area contributed by atoms with Crippen molar-refractivity contribution in [2.45, 2.75) is 11.8 Å². The predicted molar refractivity (Wildman–Crippen MR) is 80.6 cm³/mol. The molecule has 112 valence electrons. The second-order valence-corrected chi connectivity index (χ2v) is 6.21. The lowest BCUT2D eigenvalue weighted by atomic mass is 10.3. The van der Waals surface area contributed by atoms with Gasteiger partial charge < -0.3 is 5.32 Å². The van der Waals surface area contributed by atoms with Gasteiger partial charge in [0.05, 0.1) is 10.7 Å². The van der Waals surface area contributed by atoms with Crippen molar-refractivity contribution >= 4 is 33.1 Å². The Labute approximate surface area is 127 Å². The second-order valence-electron chi connectivity index (χ2n) is 4.12. The van der Waals surface area contributed by atoms with Crippen LogP contribution in [0.25, 0.3) is 0 Å². The number of aromatic nitrogens is 1. The zero-order valence-corrected chi connectivity index (χ0v) is 12.7. The molecule has 0 bridgehead atoms. The van der Waals surface area contributed by atoms with Gasteiger partial charge in [-0.15, -0.1) is 0 Å². The van der Waals surface area contributed by atoms with Crippen LogP contribution in [0.1, 0.15) is 6.92 Å². The highest BCUT2D eigenvalue weighted by atomic mass is 35.5. The maximum absolute atomic E-state index is 13.7. The van der Waals surface area contributed by atoms with Crippen molar-refractivity contribution in [3.8, 4) is 0 Å². The van der Waals surface area contributed by atoms with Crippen LogP contribution in [0.5, 0.6) is 0 Å². The van der Waals surface area contributed by atoms with Crippen molar-refractivity contribution in [3.05, 3.63) is 47.4 Å². The Bertz CT molecular complexity index is 736. The van der Waals surface area contributed by atoms with E-state index in [1.807, 2.05) is 6.92 Å². The second kappa shape index (κ2) is 6.28. The van der Waals surface area contributed by atoms with Crippen LogP contribution in [0.15, 0.2) is 41.4 Å². The molecule has 0 aliphatic carbocycles. The number of benzene rings is 1. The number of rotatable bonds is 5. The van der Waals surface area contributed by atoms with Gasteiger partial charge in [0, 0.05) is 12.7 Å². The highest BCUT2D eigenvalue weighted by molar-refractivity contribution is 7.92. The van der Waals surface area contributed by atoms with Crippen LogP contribution in [0, 0.1) is 5.82 Å². The summed E-state index contributed by atoms with van der Waals surface area (Å²) in [4.78, 5) is 3.90. The average molecular weight is 330 g/mol.